The summed E-state index contributed by atoms with van der Waals surface area (Å²) in [6.45, 7) is 5.24. The van der Waals surface area contributed by atoms with Gasteiger partial charge in [0.1, 0.15) is 0 Å². The van der Waals surface area contributed by atoms with Crippen molar-refractivity contribution < 1.29 is 4.79 Å². The van der Waals surface area contributed by atoms with Gasteiger partial charge in [0.25, 0.3) is 0 Å². The van der Waals surface area contributed by atoms with Gasteiger partial charge in [-0.25, -0.2) is 0 Å². The van der Waals surface area contributed by atoms with Crippen LogP contribution in [0.4, 0.5) is 0 Å². The molecule has 2 atom stereocenters. The minimum absolute atomic E-state index is 0.196. The number of hydrogen-bond acceptors (Lipinski definition) is 3. The van der Waals surface area contributed by atoms with Crippen LogP contribution in [0.15, 0.2) is 0 Å². The van der Waals surface area contributed by atoms with Gasteiger partial charge < -0.3 is 10.6 Å². The Bertz CT molecular complexity index is 576. The maximum atomic E-state index is 12.3. The number of aryl methyl sites for hydroxylation is 2. The van der Waals surface area contributed by atoms with Crippen LogP contribution in [0.3, 0.4) is 0 Å². The molecule has 0 spiro atoms. The normalized spacial score (nSPS) is 24.1. The Balaban J connectivity index is 1.57. The quantitative estimate of drug-likeness (QED) is 0.806. The lowest BCUT2D eigenvalue weighted by Crippen LogP contribution is -2.40. The zero-order valence-corrected chi connectivity index (χ0v) is 15.4. The molecule has 1 aromatic rings. The monoisotopic (exact) mass is 332 g/mol. The molecule has 1 aromatic heterocycles. The molecule has 2 fully saturated rings. The van der Waals surface area contributed by atoms with Crippen LogP contribution in [0.5, 0.6) is 0 Å². The van der Waals surface area contributed by atoms with Crippen molar-refractivity contribution >= 4 is 5.91 Å². The van der Waals surface area contributed by atoms with Crippen molar-refractivity contribution in [2.75, 3.05) is 0 Å². The minimum atomic E-state index is 0.196. The smallest absolute Gasteiger partial charge is 0.223 e. The van der Waals surface area contributed by atoms with Gasteiger partial charge in [0, 0.05) is 42.9 Å². The largest absolute Gasteiger partial charge is 0.353 e. The van der Waals surface area contributed by atoms with E-state index in [1.807, 2.05) is 11.7 Å². The summed E-state index contributed by atoms with van der Waals surface area (Å²) < 4.78 is 2.03. The summed E-state index contributed by atoms with van der Waals surface area (Å²) >= 11 is 0. The Morgan fingerprint density at radius 3 is 2.62 bits per heavy atom. The number of amides is 1. The molecule has 3 rings (SSSR count). The highest BCUT2D eigenvalue weighted by Gasteiger charge is 2.31. The van der Waals surface area contributed by atoms with Gasteiger partial charge in [0.2, 0.25) is 5.91 Å². The zero-order valence-electron chi connectivity index (χ0n) is 15.4. The molecule has 0 bridgehead atoms. The average Bonchev–Trinajstić information content (AvgIpc) is 3.34. The van der Waals surface area contributed by atoms with Crippen molar-refractivity contribution in [3.8, 4) is 0 Å². The highest BCUT2D eigenvalue weighted by atomic mass is 16.2. The second kappa shape index (κ2) is 7.68. The summed E-state index contributed by atoms with van der Waals surface area (Å²) in [6.07, 6.45) is 8.66. The number of carbonyl (C=O) groups is 1. The summed E-state index contributed by atoms with van der Waals surface area (Å²) in [6, 6.07) is 0.920. The average molecular weight is 332 g/mol. The van der Waals surface area contributed by atoms with Crippen LogP contribution in [-0.2, 0) is 31.2 Å². The molecule has 2 aliphatic rings. The van der Waals surface area contributed by atoms with E-state index in [1.165, 1.54) is 36.2 Å². The number of carbonyl (C=O) groups excluding carboxylic acids is 1. The van der Waals surface area contributed by atoms with E-state index >= 15 is 0 Å². The lowest BCUT2D eigenvalue weighted by molar-refractivity contribution is -0.126. The molecule has 0 unspecified atom stereocenters. The summed E-state index contributed by atoms with van der Waals surface area (Å²) in [7, 11) is 2.04. The topological polar surface area (TPSA) is 59.0 Å². The lowest BCUT2D eigenvalue weighted by Gasteiger charge is -2.29. The van der Waals surface area contributed by atoms with Crippen molar-refractivity contribution in [3.05, 3.63) is 17.0 Å². The lowest BCUT2D eigenvalue weighted by atomic mass is 9.85. The zero-order chi connectivity index (χ0) is 17.1. The number of nitrogens with zero attached hydrogens (tertiary/aromatic N) is 2. The fourth-order valence-corrected chi connectivity index (χ4v) is 4.00. The van der Waals surface area contributed by atoms with Crippen LogP contribution >= 0.6 is 0 Å². The molecule has 1 heterocycles. The van der Waals surface area contributed by atoms with Gasteiger partial charge in [-0.05, 0) is 44.9 Å². The molecule has 2 N–H and O–H groups in total. The van der Waals surface area contributed by atoms with Crippen LogP contribution in [0.1, 0.15) is 69.3 Å². The first-order valence-corrected chi connectivity index (χ1v) is 9.69. The summed E-state index contributed by atoms with van der Waals surface area (Å²) in [5.41, 5.74) is 3.91. The van der Waals surface area contributed by atoms with E-state index in [2.05, 4.69) is 29.6 Å². The molecule has 0 saturated heterocycles. The van der Waals surface area contributed by atoms with E-state index in [0.717, 1.165) is 38.6 Å². The van der Waals surface area contributed by atoms with Gasteiger partial charge >= 0.3 is 0 Å². The number of hydrogen-bond donors (Lipinski definition) is 2. The van der Waals surface area contributed by atoms with Crippen molar-refractivity contribution in [1.82, 2.24) is 20.4 Å². The van der Waals surface area contributed by atoms with Crippen molar-refractivity contribution in [3.63, 3.8) is 0 Å². The number of aromatic nitrogens is 2. The van der Waals surface area contributed by atoms with Gasteiger partial charge in [0.15, 0.2) is 0 Å². The van der Waals surface area contributed by atoms with E-state index in [1.54, 1.807) is 0 Å². The second-order valence-electron chi connectivity index (χ2n) is 7.43. The third-order valence-electron chi connectivity index (χ3n) is 5.56. The predicted molar refractivity (Wildman–Crippen MR) is 95.7 cm³/mol. The summed E-state index contributed by atoms with van der Waals surface area (Å²) in [5.74, 6) is 0.482. The van der Waals surface area contributed by atoms with E-state index < -0.39 is 0 Å². The first-order chi connectivity index (χ1) is 11.6. The number of nitrogens with one attached hydrogen (secondary N) is 2. The second-order valence-corrected chi connectivity index (χ2v) is 7.43. The third-order valence-corrected chi connectivity index (χ3v) is 5.56. The van der Waals surface area contributed by atoms with Gasteiger partial charge in [-0.15, -0.1) is 0 Å². The first kappa shape index (κ1) is 17.5. The van der Waals surface area contributed by atoms with Crippen molar-refractivity contribution in [2.45, 2.75) is 83.8 Å². The van der Waals surface area contributed by atoms with E-state index in [9.17, 15) is 4.79 Å². The van der Waals surface area contributed by atoms with Crippen molar-refractivity contribution in [1.29, 1.82) is 0 Å². The van der Waals surface area contributed by atoms with E-state index in [-0.39, 0.29) is 11.8 Å². The van der Waals surface area contributed by atoms with Crippen LogP contribution < -0.4 is 10.6 Å². The molecule has 1 amide bonds. The van der Waals surface area contributed by atoms with E-state index in [4.69, 9.17) is 0 Å². The van der Waals surface area contributed by atoms with Gasteiger partial charge in [0.05, 0.1) is 5.69 Å². The molecule has 2 saturated carbocycles. The molecular formula is C19H32N4O. The standard InChI is InChI=1S/C19H32N4O/c1-4-17-16(18(5-2)23(3)22-17)12-20-15-8-6-7-13(11-15)19(24)21-14-9-10-14/h13-15,20H,4-12H2,1-3H3,(H,21,24)/t13-,15+/m1/s1. The highest BCUT2D eigenvalue weighted by Crippen LogP contribution is 2.27. The molecule has 0 aromatic carbocycles. The maximum Gasteiger partial charge on any atom is 0.223 e. The Labute approximate surface area is 145 Å². The molecule has 2 aliphatic carbocycles. The maximum absolute atomic E-state index is 12.3. The molecule has 24 heavy (non-hydrogen) atoms. The Morgan fingerprint density at radius 2 is 1.96 bits per heavy atom. The fourth-order valence-electron chi connectivity index (χ4n) is 4.00. The molecular weight excluding hydrogens is 300 g/mol. The predicted octanol–water partition coefficient (Wildman–Crippen LogP) is 2.47. The molecule has 134 valence electrons. The molecule has 5 heteroatoms. The Morgan fingerprint density at radius 1 is 1.17 bits per heavy atom. The van der Waals surface area contributed by atoms with Gasteiger partial charge in [-0.1, -0.05) is 20.3 Å². The molecule has 5 nitrogen and oxygen atoms in total. The SMILES string of the molecule is CCc1nn(C)c(CC)c1CN[C@H]1CCC[C@@H](C(=O)NC2CC2)C1. The summed E-state index contributed by atoms with van der Waals surface area (Å²) in [5, 5.41) is 11.6. The van der Waals surface area contributed by atoms with Gasteiger partial charge in [-0.3, -0.25) is 9.48 Å². The fraction of sp³-hybridized carbons (Fsp3) is 0.789. The van der Waals surface area contributed by atoms with Gasteiger partial charge in [-0.2, -0.15) is 5.10 Å². The third kappa shape index (κ3) is 4.00. The molecule has 0 radical (unpaired) electrons. The van der Waals surface area contributed by atoms with Crippen LogP contribution in [-0.4, -0.2) is 27.8 Å². The van der Waals surface area contributed by atoms with Crippen LogP contribution in [0.2, 0.25) is 0 Å². The Kier molecular flexibility index (Phi) is 5.59. The van der Waals surface area contributed by atoms with E-state index in [0.29, 0.717) is 12.1 Å². The minimum Gasteiger partial charge on any atom is -0.353 e. The Hall–Kier alpha value is -1.36. The van der Waals surface area contributed by atoms with Crippen LogP contribution in [0.25, 0.3) is 0 Å². The van der Waals surface area contributed by atoms with Crippen LogP contribution in [0, 0.1) is 5.92 Å². The molecule has 0 aliphatic heterocycles. The first-order valence-electron chi connectivity index (χ1n) is 9.69. The number of rotatable bonds is 7. The summed E-state index contributed by atoms with van der Waals surface area (Å²) in [4.78, 5) is 12.3. The highest BCUT2D eigenvalue weighted by molar-refractivity contribution is 5.79. The van der Waals surface area contributed by atoms with Crippen molar-refractivity contribution in [2.24, 2.45) is 13.0 Å².